The second-order valence-electron chi connectivity index (χ2n) is 5.32. The van der Waals surface area contributed by atoms with Crippen molar-refractivity contribution in [1.82, 2.24) is 10.2 Å². The van der Waals surface area contributed by atoms with E-state index in [4.69, 9.17) is 6.42 Å². The number of nitrogens with one attached hydrogen (secondary N) is 1. The first kappa shape index (κ1) is 14.5. The average molecular weight is 236 g/mol. The second-order valence-corrected chi connectivity index (χ2v) is 5.32. The molecule has 1 aliphatic rings. The average Bonchev–Trinajstić information content (AvgIpc) is 2.87. The molecule has 1 aliphatic heterocycles. The van der Waals surface area contributed by atoms with Crippen molar-refractivity contribution >= 4 is 0 Å². The zero-order valence-electron chi connectivity index (χ0n) is 11.8. The Kier molecular flexibility index (Phi) is 6.02. The van der Waals surface area contributed by atoms with Crippen molar-refractivity contribution < 1.29 is 0 Å². The van der Waals surface area contributed by atoms with E-state index in [0.717, 1.165) is 19.4 Å². The van der Waals surface area contributed by atoms with Crippen LogP contribution in [0.15, 0.2) is 0 Å². The molecule has 2 nitrogen and oxygen atoms in total. The van der Waals surface area contributed by atoms with Gasteiger partial charge in [0.05, 0.1) is 0 Å². The van der Waals surface area contributed by atoms with Gasteiger partial charge in [0.15, 0.2) is 0 Å². The lowest BCUT2D eigenvalue weighted by molar-refractivity contribution is 0.0860. The van der Waals surface area contributed by atoms with Gasteiger partial charge in [0, 0.05) is 18.0 Å². The Bertz CT molecular complexity index is 250. The first-order valence-corrected chi connectivity index (χ1v) is 7.11. The summed E-state index contributed by atoms with van der Waals surface area (Å²) >= 11 is 0. The number of hydrogen-bond donors (Lipinski definition) is 1. The molecule has 0 radical (unpaired) electrons. The first-order valence-electron chi connectivity index (χ1n) is 7.11. The Morgan fingerprint density at radius 3 is 2.47 bits per heavy atom. The highest BCUT2D eigenvalue weighted by atomic mass is 15.2. The quantitative estimate of drug-likeness (QED) is 0.684. The van der Waals surface area contributed by atoms with Crippen LogP contribution in [0.2, 0.25) is 0 Å². The molecule has 0 aliphatic carbocycles. The van der Waals surface area contributed by atoms with Crippen LogP contribution in [0.25, 0.3) is 0 Å². The minimum absolute atomic E-state index is 0.220. The van der Waals surface area contributed by atoms with Crippen LogP contribution in [0.3, 0.4) is 0 Å². The van der Waals surface area contributed by atoms with E-state index in [2.05, 4.69) is 36.9 Å². The van der Waals surface area contributed by atoms with Gasteiger partial charge in [-0.15, -0.1) is 12.3 Å². The van der Waals surface area contributed by atoms with Crippen LogP contribution in [0.4, 0.5) is 0 Å². The Labute approximate surface area is 107 Å². The maximum absolute atomic E-state index is 5.54. The number of terminal acetylenes is 1. The summed E-state index contributed by atoms with van der Waals surface area (Å²) in [7, 11) is 0. The van der Waals surface area contributed by atoms with Crippen molar-refractivity contribution in [2.24, 2.45) is 0 Å². The van der Waals surface area contributed by atoms with Gasteiger partial charge in [-0.25, -0.2) is 0 Å². The van der Waals surface area contributed by atoms with Gasteiger partial charge in [0.25, 0.3) is 0 Å². The van der Waals surface area contributed by atoms with Crippen molar-refractivity contribution in [2.75, 3.05) is 19.6 Å². The fourth-order valence-electron chi connectivity index (χ4n) is 2.87. The first-order chi connectivity index (χ1) is 8.19. The summed E-state index contributed by atoms with van der Waals surface area (Å²) in [4.78, 5) is 2.64. The molecule has 0 spiro atoms. The maximum atomic E-state index is 5.54. The zero-order valence-corrected chi connectivity index (χ0v) is 11.8. The summed E-state index contributed by atoms with van der Waals surface area (Å²) in [5.74, 6) is 2.85. The molecule has 1 rings (SSSR count). The van der Waals surface area contributed by atoms with Gasteiger partial charge >= 0.3 is 0 Å². The normalized spacial score (nSPS) is 22.0. The van der Waals surface area contributed by atoms with E-state index in [1.54, 1.807) is 0 Å². The predicted molar refractivity (Wildman–Crippen MR) is 75.0 cm³/mol. The summed E-state index contributed by atoms with van der Waals surface area (Å²) in [6, 6.07) is 0.426. The van der Waals surface area contributed by atoms with Crippen LogP contribution in [0, 0.1) is 12.3 Å². The molecule has 0 amide bonds. The molecule has 1 saturated heterocycles. The zero-order chi connectivity index (χ0) is 12.7. The highest BCUT2D eigenvalue weighted by Crippen LogP contribution is 2.29. The molecular formula is C15H28N2. The summed E-state index contributed by atoms with van der Waals surface area (Å²) < 4.78 is 0. The number of rotatable bonds is 7. The van der Waals surface area contributed by atoms with Crippen molar-refractivity contribution in [1.29, 1.82) is 0 Å². The minimum Gasteiger partial charge on any atom is -0.311 e. The van der Waals surface area contributed by atoms with Crippen LogP contribution < -0.4 is 5.32 Å². The highest BCUT2D eigenvalue weighted by molar-refractivity contribution is 5.03. The van der Waals surface area contributed by atoms with Gasteiger partial charge in [-0.1, -0.05) is 13.8 Å². The number of hydrogen-bond acceptors (Lipinski definition) is 2. The van der Waals surface area contributed by atoms with Crippen LogP contribution in [0.1, 0.15) is 52.9 Å². The van der Waals surface area contributed by atoms with E-state index in [-0.39, 0.29) is 5.54 Å². The molecular weight excluding hydrogens is 208 g/mol. The summed E-state index contributed by atoms with van der Waals surface area (Å²) in [6.45, 7) is 10.4. The molecule has 0 aromatic carbocycles. The lowest BCUT2D eigenvalue weighted by atomic mass is 9.85. The molecule has 1 heterocycles. The van der Waals surface area contributed by atoms with E-state index in [1.165, 1.54) is 32.4 Å². The van der Waals surface area contributed by atoms with Gasteiger partial charge in [0.1, 0.15) is 0 Å². The number of nitrogens with zero attached hydrogens (tertiary/aromatic N) is 1. The molecule has 98 valence electrons. The van der Waals surface area contributed by atoms with E-state index in [9.17, 15) is 0 Å². The smallest absolute Gasteiger partial charge is 0.0359 e. The minimum atomic E-state index is 0.220. The van der Waals surface area contributed by atoms with Gasteiger partial charge in [-0.3, -0.25) is 4.90 Å². The molecule has 2 atom stereocenters. The van der Waals surface area contributed by atoms with E-state index in [1.807, 2.05) is 0 Å². The van der Waals surface area contributed by atoms with Crippen LogP contribution in [-0.2, 0) is 0 Å². The van der Waals surface area contributed by atoms with E-state index < -0.39 is 0 Å². The van der Waals surface area contributed by atoms with Crippen molar-refractivity contribution in [3.63, 3.8) is 0 Å². The van der Waals surface area contributed by atoms with Crippen molar-refractivity contribution in [3.8, 4) is 12.3 Å². The third-order valence-corrected chi connectivity index (χ3v) is 4.26. The van der Waals surface area contributed by atoms with Gasteiger partial charge < -0.3 is 5.32 Å². The maximum Gasteiger partial charge on any atom is 0.0359 e. The molecule has 2 heteroatoms. The molecule has 0 aromatic rings. The van der Waals surface area contributed by atoms with Crippen molar-refractivity contribution in [3.05, 3.63) is 0 Å². The standard InChI is InChI=1S/C15H28N2/c1-5-10-14(16-11-6-2)15(4,7-3)17-12-8-9-13-17/h1,14,16H,6-13H2,2-4H3. The Morgan fingerprint density at radius 2 is 2.00 bits per heavy atom. The Hall–Kier alpha value is -0.520. The molecule has 1 fully saturated rings. The highest BCUT2D eigenvalue weighted by Gasteiger charge is 2.38. The third-order valence-electron chi connectivity index (χ3n) is 4.26. The molecule has 0 aromatic heterocycles. The summed E-state index contributed by atoms with van der Waals surface area (Å²) in [5.41, 5.74) is 0.220. The lowest BCUT2D eigenvalue weighted by Crippen LogP contribution is -2.58. The molecule has 1 N–H and O–H groups in total. The Balaban J connectivity index is 2.73. The fourth-order valence-corrected chi connectivity index (χ4v) is 2.87. The molecule has 0 saturated carbocycles. The Morgan fingerprint density at radius 1 is 1.35 bits per heavy atom. The SMILES string of the molecule is C#CCC(NCCC)C(C)(CC)N1CCCC1. The second kappa shape index (κ2) is 7.03. The van der Waals surface area contributed by atoms with Gasteiger partial charge in [-0.2, -0.15) is 0 Å². The van der Waals surface area contributed by atoms with Gasteiger partial charge in [0.2, 0.25) is 0 Å². The predicted octanol–water partition coefficient (Wildman–Crippen LogP) is 2.64. The topological polar surface area (TPSA) is 15.3 Å². The van der Waals surface area contributed by atoms with Gasteiger partial charge in [-0.05, 0) is 52.2 Å². The fraction of sp³-hybridized carbons (Fsp3) is 0.867. The van der Waals surface area contributed by atoms with Crippen LogP contribution in [0.5, 0.6) is 0 Å². The monoisotopic (exact) mass is 236 g/mol. The molecule has 17 heavy (non-hydrogen) atoms. The molecule has 0 bridgehead atoms. The third kappa shape index (κ3) is 3.47. The summed E-state index contributed by atoms with van der Waals surface area (Å²) in [5, 5.41) is 3.65. The van der Waals surface area contributed by atoms with E-state index in [0.29, 0.717) is 6.04 Å². The van der Waals surface area contributed by atoms with Crippen molar-refractivity contribution in [2.45, 2.75) is 64.5 Å². The summed E-state index contributed by atoms with van der Waals surface area (Å²) in [6.07, 6.45) is 11.4. The number of likely N-dealkylation sites (tertiary alicyclic amines) is 1. The van der Waals surface area contributed by atoms with Crippen LogP contribution in [-0.4, -0.2) is 36.1 Å². The molecule has 2 unspecified atom stereocenters. The lowest BCUT2D eigenvalue weighted by Gasteiger charge is -2.44. The largest absolute Gasteiger partial charge is 0.311 e. The van der Waals surface area contributed by atoms with E-state index >= 15 is 0 Å². The van der Waals surface area contributed by atoms with Crippen LogP contribution >= 0.6 is 0 Å².